The Balaban J connectivity index is 2.47. The summed E-state index contributed by atoms with van der Waals surface area (Å²) < 4.78 is 23.4. The number of allylic oxidation sites excluding steroid dienone is 1. The van der Waals surface area contributed by atoms with Gasteiger partial charge in [0.2, 0.25) is 0 Å². The SMILES string of the molecule is COCCNCCC=C(C)c1ccc(OC)c(F)c1. The normalized spacial score (nSPS) is 11.7. The zero-order valence-electron chi connectivity index (χ0n) is 11.8. The molecule has 0 aliphatic rings. The van der Waals surface area contributed by atoms with E-state index in [1.165, 1.54) is 13.2 Å². The summed E-state index contributed by atoms with van der Waals surface area (Å²) in [5, 5.41) is 3.26. The minimum atomic E-state index is -0.328. The molecule has 0 bridgehead atoms. The molecule has 0 amide bonds. The van der Waals surface area contributed by atoms with Gasteiger partial charge in [-0.15, -0.1) is 0 Å². The van der Waals surface area contributed by atoms with E-state index in [2.05, 4.69) is 11.4 Å². The fourth-order valence-electron chi connectivity index (χ4n) is 1.72. The molecule has 0 saturated heterocycles. The van der Waals surface area contributed by atoms with Gasteiger partial charge in [-0.1, -0.05) is 12.1 Å². The number of hydrogen-bond acceptors (Lipinski definition) is 3. The number of ether oxygens (including phenoxy) is 2. The van der Waals surface area contributed by atoms with Crippen LogP contribution in [-0.2, 0) is 4.74 Å². The van der Waals surface area contributed by atoms with Crippen LogP contribution in [0.15, 0.2) is 24.3 Å². The van der Waals surface area contributed by atoms with Gasteiger partial charge in [0.15, 0.2) is 11.6 Å². The summed E-state index contributed by atoms with van der Waals surface area (Å²) in [5.41, 5.74) is 1.95. The van der Waals surface area contributed by atoms with Gasteiger partial charge in [-0.3, -0.25) is 0 Å². The zero-order valence-corrected chi connectivity index (χ0v) is 11.8. The number of nitrogens with one attached hydrogen (secondary N) is 1. The maximum atomic E-state index is 13.6. The average molecular weight is 267 g/mol. The van der Waals surface area contributed by atoms with Crippen molar-refractivity contribution in [1.82, 2.24) is 5.32 Å². The summed E-state index contributed by atoms with van der Waals surface area (Å²) in [6.45, 7) is 4.43. The molecule has 0 aromatic heterocycles. The van der Waals surface area contributed by atoms with Gasteiger partial charge in [0.1, 0.15) is 0 Å². The second-order valence-corrected chi connectivity index (χ2v) is 4.27. The van der Waals surface area contributed by atoms with Gasteiger partial charge in [0.25, 0.3) is 0 Å². The highest BCUT2D eigenvalue weighted by atomic mass is 19.1. The van der Waals surface area contributed by atoms with Gasteiger partial charge < -0.3 is 14.8 Å². The lowest BCUT2D eigenvalue weighted by Crippen LogP contribution is -2.19. The number of hydrogen-bond donors (Lipinski definition) is 1. The Morgan fingerprint density at radius 2 is 2.11 bits per heavy atom. The minimum absolute atomic E-state index is 0.276. The van der Waals surface area contributed by atoms with Crippen molar-refractivity contribution in [2.75, 3.05) is 33.9 Å². The summed E-state index contributed by atoms with van der Waals surface area (Å²) in [6.07, 6.45) is 3.00. The Labute approximate surface area is 114 Å². The van der Waals surface area contributed by atoms with Crippen molar-refractivity contribution < 1.29 is 13.9 Å². The lowest BCUT2D eigenvalue weighted by atomic mass is 10.1. The van der Waals surface area contributed by atoms with E-state index in [1.54, 1.807) is 13.2 Å². The zero-order chi connectivity index (χ0) is 14.1. The van der Waals surface area contributed by atoms with Crippen molar-refractivity contribution in [1.29, 1.82) is 0 Å². The quantitative estimate of drug-likeness (QED) is 0.735. The summed E-state index contributed by atoms with van der Waals surface area (Å²) in [6, 6.07) is 5.02. The Kier molecular flexibility index (Phi) is 7.15. The molecule has 0 fully saturated rings. The molecule has 0 saturated carbocycles. The molecule has 0 aliphatic heterocycles. The van der Waals surface area contributed by atoms with Gasteiger partial charge in [-0.2, -0.15) is 0 Å². The van der Waals surface area contributed by atoms with E-state index in [0.717, 1.165) is 30.6 Å². The summed E-state index contributed by atoms with van der Waals surface area (Å²) in [4.78, 5) is 0. The van der Waals surface area contributed by atoms with E-state index in [4.69, 9.17) is 9.47 Å². The number of rotatable bonds is 8. The summed E-state index contributed by atoms with van der Waals surface area (Å²) in [5.74, 6) is -0.0521. The van der Waals surface area contributed by atoms with Gasteiger partial charge in [-0.05, 0) is 43.2 Å². The van der Waals surface area contributed by atoms with Crippen LogP contribution in [0.2, 0.25) is 0 Å². The smallest absolute Gasteiger partial charge is 0.165 e. The number of halogens is 1. The molecule has 0 aliphatic carbocycles. The van der Waals surface area contributed by atoms with Crippen molar-refractivity contribution in [2.45, 2.75) is 13.3 Å². The monoisotopic (exact) mass is 267 g/mol. The molecule has 1 N–H and O–H groups in total. The highest BCUT2D eigenvalue weighted by molar-refractivity contribution is 5.64. The third kappa shape index (κ3) is 5.41. The van der Waals surface area contributed by atoms with E-state index in [1.807, 2.05) is 13.0 Å². The lowest BCUT2D eigenvalue weighted by Gasteiger charge is -2.06. The van der Waals surface area contributed by atoms with Crippen LogP contribution in [-0.4, -0.2) is 33.9 Å². The topological polar surface area (TPSA) is 30.5 Å². The molecular weight excluding hydrogens is 245 g/mol. The fraction of sp³-hybridized carbons (Fsp3) is 0.467. The third-order valence-electron chi connectivity index (χ3n) is 2.86. The van der Waals surface area contributed by atoms with E-state index in [0.29, 0.717) is 6.61 Å². The minimum Gasteiger partial charge on any atom is -0.494 e. The van der Waals surface area contributed by atoms with Crippen LogP contribution in [0.3, 0.4) is 0 Å². The predicted molar refractivity (Wildman–Crippen MR) is 76.0 cm³/mol. The first-order valence-corrected chi connectivity index (χ1v) is 6.39. The first-order chi connectivity index (χ1) is 9.19. The average Bonchev–Trinajstić information content (AvgIpc) is 2.42. The molecule has 3 nitrogen and oxygen atoms in total. The molecular formula is C15H22FNO2. The van der Waals surface area contributed by atoms with Crippen LogP contribution in [0, 0.1) is 5.82 Å². The molecule has 1 rings (SSSR count). The van der Waals surface area contributed by atoms with E-state index < -0.39 is 0 Å². The molecule has 0 atom stereocenters. The molecule has 0 unspecified atom stereocenters. The van der Waals surface area contributed by atoms with E-state index in [-0.39, 0.29) is 11.6 Å². The maximum absolute atomic E-state index is 13.6. The van der Waals surface area contributed by atoms with E-state index >= 15 is 0 Å². The summed E-state index contributed by atoms with van der Waals surface area (Å²) in [7, 11) is 3.15. The van der Waals surface area contributed by atoms with Crippen molar-refractivity contribution in [2.24, 2.45) is 0 Å². The highest BCUT2D eigenvalue weighted by Crippen LogP contribution is 2.22. The molecule has 0 spiro atoms. The van der Waals surface area contributed by atoms with Crippen LogP contribution in [0.25, 0.3) is 5.57 Å². The van der Waals surface area contributed by atoms with Crippen LogP contribution >= 0.6 is 0 Å². The second-order valence-electron chi connectivity index (χ2n) is 4.27. The Morgan fingerprint density at radius 3 is 2.74 bits per heavy atom. The van der Waals surface area contributed by atoms with Crippen molar-refractivity contribution in [3.05, 3.63) is 35.7 Å². The molecule has 0 heterocycles. The second kappa shape index (κ2) is 8.67. The predicted octanol–water partition coefficient (Wildman–Crippen LogP) is 2.86. The first kappa shape index (κ1) is 15.7. The standard InChI is InChI=1S/C15H22FNO2/c1-12(5-4-8-17-9-10-18-2)13-6-7-15(19-3)14(16)11-13/h5-7,11,17H,4,8-10H2,1-3H3. The Morgan fingerprint density at radius 1 is 1.32 bits per heavy atom. The highest BCUT2D eigenvalue weighted by Gasteiger charge is 2.04. The van der Waals surface area contributed by atoms with Gasteiger partial charge >= 0.3 is 0 Å². The fourth-order valence-corrected chi connectivity index (χ4v) is 1.72. The van der Waals surface area contributed by atoms with E-state index in [9.17, 15) is 4.39 Å². The molecule has 4 heteroatoms. The maximum Gasteiger partial charge on any atom is 0.165 e. The Bertz CT molecular complexity index is 419. The molecule has 1 aromatic carbocycles. The number of methoxy groups -OCH3 is 2. The number of benzene rings is 1. The van der Waals surface area contributed by atoms with Gasteiger partial charge in [0, 0.05) is 13.7 Å². The third-order valence-corrected chi connectivity index (χ3v) is 2.86. The molecule has 0 radical (unpaired) electrons. The first-order valence-electron chi connectivity index (χ1n) is 6.39. The van der Waals surface area contributed by atoms with Crippen LogP contribution in [0.4, 0.5) is 4.39 Å². The van der Waals surface area contributed by atoms with Crippen LogP contribution < -0.4 is 10.1 Å². The largest absolute Gasteiger partial charge is 0.494 e. The lowest BCUT2D eigenvalue weighted by molar-refractivity contribution is 0.199. The van der Waals surface area contributed by atoms with Crippen molar-refractivity contribution in [3.63, 3.8) is 0 Å². The van der Waals surface area contributed by atoms with Gasteiger partial charge in [-0.25, -0.2) is 4.39 Å². The molecule has 106 valence electrons. The molecule has 19 heavy (non-hydrogen) atoms. The summed E-state index contributed by atoms with van der Waals surface area (Å²) >= 11 is 0. The van der Waals surface area contributed by atoms with Gasteiger partial charge in [0.05, 0.1) is 13.7 Å². The van der Waals surface area contributed by atoms with Crippen LogP contribution in [0.1, 0.15) is 18.9 Å². The van der Waals surface area contributed by atoms with Crippen LogP contribution in [0.5, 0.6) is 5.75 Å². The van der Waals surface area contributed by atoms with Crippen molar-refractivity contribution >= 4 is 5.57 Å². The Hall–Kier alpha value is -1.39. The van der Waals surface area contributed by atoms with Crippen molar-refractivity contribution in [3.8, 4) is 5.75 Å². The molecule has 1 aromatic rings.